The van der Waals surface area contributed by atoms with Gasteiger partial charge in [-0.1, -0.05) is 54.7 Å². The fraction of sp³-hybridized carbons (Fsp3) is 0.609. The molecule has 8 nitrogen and oxygen atoms in total. The van der Waals surface area contributed by atoms with Crippen molar-refractivity contribution >= 4 is 25.7 Å². The molecule has 3 amide bonds. The van der Waals surface area contributed by atoms with Crippen LogP contribution in [0.4, 0.5) is 4.79 Å². The average molecular weight is 467 g/mol. The molecule has 1 aliphatic rings. The summed E-state index contributed by atoms with van der Waals surface area (Å²) in [5.74, 6) is -1.12. The van der Waals surface area contributed by atoms with E-state index in [4.69, 9.17) is 0 Å². The highest BCUT2D eigenvalue weighted by Crippen LogP contribution is 2.41. The Hall–Kier alpha value is -2.15. The van der Waals surface area contributed by atoms with Gasteiger partial charge in [-0.05, 0) is 25.3 Å². The summed E-state index contributed by atoms with van der Waals surface area (Å²) in [6.07, 6.45) is 2.22. The van der Waals surface area contributed by atoms with Crippen molar-refractivity contribution in [1.29, 1.82) is 0 Å². The zero-order valence-corrected chi connectivity index (χ0v) is 19.9. The second-order valence-corrected chi connectivity index (χ2v) is 10.4. The quantitative estimate of drug-likeness (QED) is 0.196. The zero-order chi connectivity index (χ0) is 23.8. The van der Waals surface area contributed by atoms with Crippen LogP contribution in [0.1, 0.15) is 64.4 Å². The molecule has 176 valence electrons. The molecular formula is C23H35N2O6P+2. The maximum Gasteiger partial charge on any atom is 0.521 e. The molecule has 3 unspecified atom stereocenters. The van der Waals surface area contributed by atoms with Crippen LogP contribution in [0, 0.1) is 0 Å². The SMILES string of the molecule is CCCCCC(=O)NC(O)(CCc1ccccc1)[P+](=O)CC(=O)[N+]1(C(=O)O)CCC[C@H]1C. The molecule has 0 aliphatic carbocycles. The molecule has 1 aliphatic heterocycles. The van der Waals surface area contributed by atoms with Gasteiger partial charge in [0.1, 0.15) is 6.04 Å². The van der Waals surface area contributed by atoms with Crippen LogP contribution in [0.5, 0.6) is 0 Å². The van der Waals surface area contributed by atoms with Crippen LogP contribution in [0.3, 0.4) is 0 Å². The topological polar surface area (TPSA) is 121 Å². The number of aliphatic hydroxyl groups is 1. The Balaban J connectivity index is 2.18. The minimum Gasteiger partial charge on any atom is -0.435 e. The van der Waals surface area contributed by atoms with E-state index in [9.17, 15) is 29.2 Å². The van der Waals surface area contributed by atoms with E-state index in [-0.39, 0.29) is 19.4 Å². The smallest absolute Gasteiger partial charge is 0.435 e. The van der Waals surface area contributed by atoms with Gasteiger partial charge in [-0.3, -0.25) is 10.1 Å². The van der Waals surface area contributed by atoms with E-state index in [0.717, 1.165) is 18.4 Å². The van der Waals surface area contributed by atoms with Crippen molar-refractivity contribution in [3.63, 3.8) is 0 Å². The Morgan fingerprint density at radius 2 is 1.91 bits per heavy atom. The molecule has 1 aromatic carbocycles. The van der Waals surface area contributed by atoms with Gasteiger partial charge in [-0.25, -0.2) is 4.79 Å². The molecule has 9 heteroatoms. The van der Waals surface area contributed by atoms with Gasteiger partial charge in [-0.2, -0.15) is 9.28 Å². The molecule has 3 N–H and O–H groups in total. The highest BCUT2D eigenvalue weighted by Gasteiger charge is 2.58. The molecule has 32 heavy (non-hydrogen) atoms. The Labute approximate surface area is 190 Å². The normalized spacial score (nSPS) is 22.7. The Bertz CT molecular complexity index is 833. The number of hydrogen-bond donors (Lipinski definition) is 3. The number of aryl methyl sites for hydroxylation is 1. The second kappa shape index (κ2) is 11.6. The first-order chi connectivity index (χ1) is 15.2. The average Bonchev–Trinajstić information content (AvgIpc) is 3.15. The molecular weight excluding hydrogens is 431 g/mol. The van der Waals surface area contributed by atoms with E-state index < -0.39 is 47.9 Å². The summed E-state index contributed by atoms with van der Waals surface area (Å²) in [4.78, 5) is 37.4. The number of amides is 3. The molecule has 1 aromatic rings. The number of nitrogens with one attached hydrogen (secondary N) is 1. The monoisotopic (exact) mass is 466 g/mol. The Kier molecular flexibility index (Phi) is 9.49. The summed E-state index contributed by atoms with van der Waals surface area (Å²) < 4.78 is 12.5. The summed E-state index contributed by atoms with van der Waals surface area (Å²) in [7, 11) is -2.66. The van der Waals surface area contributed by atoms with Gasteiger partial charge in [0, 0.05) is 25.7 Å². The number of nitrogens with zero attached hydrogens (tertiary/aromatic N) is 1. The van der Waals surface area contributed by atoms with E-state index >= 15 is 0 Å². The molecule has 0 aromatic heterocycles. The summed E-state index contributed by atoms with van der Waals surface area (Å²) in [6, 6.07) is 8.84. The third-order valence-electron chi connectivity index (χ3n) is 6.32. The molecule has 1 saturated heterocycles. The molecule has 4 atom stereocenters. The number of likely N-dealkylation sites (tertiary alicyclic amines) is 1. The first-order valence-electron chi connectivity index (χ1n) is 11.3. The summed E-state index contributed by atoms with van der Waals surface area (Å²) in [6.45, 7) is 3.85. The van der Waals surface area contributed by atoms with E-state index in [0.29, 0.717) is 25.7 Å². The number of quaternary nitrogens is 1. The highest BCUT2D eigenvalue weighted by atomic mass is 31.1. The minimum absolute atomic E-state index is 0.0400. The molecule has 0 radical (unpaired) electrons. The maximum absolute atomic E-state index is 13.2. The van der Waals surface area contributed by atoms with E-state index in [1.54, 1.807) is 6.92 Å². The first kappa shape index (κ1) is 26.1. The van der Waals surface area contributed by atoms with Crippen LogP contribution >= 0.6 is 7.80 Å². The van der Waals surface area contributed by atoms with Crippen LogP contribution in [0.25, 0.3) is 0 Å². The predicted octanol–water partition coefficient (Wildman–Crippen LogP) is 3.99. The van der Waals surface area contributed by atoms with Crippen molar-refractivity contribution in [2.45, 2.75) is 76.7 Å². The highest BCUT2D eigenvalue weighted by molar-refractivity contribution is 7.47. The van der Waals surface area contributed by atoms with Crippen LogP contribution in [0.2, 0.25) is 0 Å². The number of hydrogen-bond acceptors (Lipinski definition) is 5. The Morgan fingerprint density at radius 3 is 2.47 bits per heavy atom. The van der Waals surface area contributed by atoms with Crippen molar-refractivity contribution in [3.8, 4) is 0 Å². The molecule has 2 rings (SSSR count). The number of rotatable bonds is 11. The standard InChI is InChI=1S/C23H33N2O6P/c1-3-4-6-13-20(26)24-23(30,15-14-19-11-7-5-8-12-19)32(31)17-21(27)25(22(28)29)16-9-10-18(25)2/h5,7-8,11-12,18,30H,3-4,6,9-10,13-17H2,1-2H3/p+2/t18-,23?,25?/m1/s1. The van der Waals surface area contributed by atoms with Gasteiger partial charge in [0.2, 0.25) is 5.91 Å². The lowest BCUT2D eigenvalue weighted by molar-refractivity contribution is -0.791. The van der Waals surface area contributed by atoms with Gasteiger partial charge in [-0.15, -0.1) is 0 Å². The number of carbonyl (C=O) groups is 3. The van der Waals surface area contributed by atoms with Gasteiger partial charge in [0.15, 0.2) is 0 Å². The van der Waals surface area contributed by atoms with Gasteiger partial charge in [0.25, 0.3) is 6.16 Å². The van der Waals surface area contributed by atoms with Gasteiger partial charge >= 0.3 is 25.3 Å². The maximum atomic E-state index is 13.2. The number of imide groups is 1. The molecule has 0 saturated carbocycles. The van der Waals surface area contributed by atoms with Crippen molar-refractivity contribution < 1.29 is 33.6 Å². The van der Waals surface area contributed by atoms with Crippen molar-refractivity contribution in [3.05, 3.63) is 35.9 Å². The van der Waals surface area contributed by atoms with Crippen LogP contribution in [-0.4, -0.2) is 56.8 Å². The fourth-order valence-corrected chi connectivity index (χ4v) is 5.62. The third kappa shape index (κ3) is 6.21. The number of carbonyl (C=O) groups excluding carboxylic acids is 2. The van der Waals surface area contributed by atoms with Crippen molar-refractivity contribution in [2.24, 2.45) is 0 Å². The van der Waals surface area contributed by atoms with Crippen LogP contribution in [0.15, 0.2) is 30.3 Å². The zero-order valence-electron chi connectivity index (χ0n) is 19.0. The summed E-state index contributed by atoms with van der Waals surface area (Å²) >= 11 is 0. The third-order valence-corrected chi connectivity index (χ3v) is 8.03. The molecule has 1 fully saturated rings. The predicted molar refractivity (Wildman–Crippen MR) is 121 cm³/mol. The lowest BCUT2D eigenvalue weighted by Crippen LogP contribution is -2.59. The largest absolute Gasteiger partial charge is 0.521 e. The first-order valence-corrected chi connectivity index (χ1v) is 12.8. The molecule has 0 spiro atoms. The second-order valence-electron chi connectivity index (χ2n) is 8.60. The van der Waals surface area contributed by atoms with Crippen LogP contribution < -0.4 is 5.32 Å². The lowest BCUT2D eigenvalue weighted by atomic mass is 10.1. The van der Waals surface area contributed by atoms with E-state index in [2.05, 4.69) is 5.32 Å². The number of benzene rings is 1. The summed E-state index contributed by atoms with van der Waals surface area (Å²) in [5.41, 5.74) is -1.20. The molecule has 0 bridgehead atoms. The van der Waals surface area contributed by atoms with Crippen molar-refractivity contribution in [1.82, 2.24) is 5.32 Å². The van der Waals surface area contributed by atoms with E-state index in [1.165, 1.54) is 0 Å². The van der Waals surface area contributed by atoms with Gasteiger partial charge in [0.05, 0.1) is 6.54 Å². The number of unbranched alkanes of at least 4 members (excludes halogenated alkanes) is 2. The fourth-order valence-electron chi connectivity index (χ4n) is 4.25. The number of carboxylic acid groups (broad SMARTS) is 1. The lowest BCUT2D eigenvalue weighted by Gasteiger charge is -2.28. The van der Waals surface area contributed by atoms with Crippen molar-refractivity contribution in [2.75, 3.05) is 12.7 Å². The minimum atomic E-state index is -2.66. The van der Waals surface area contributed by atoms with Gasteiger partial charge < -0.3 is 10.2 Å². The van der Waals surface area contributed by atoms with E-state index in [1.807, 2.05) is 37.3 Å². The molecule has 1 heterocycles. The summed E-state index contributed by atoms with van der Waals surface area (Å²) in [5, 5.41) is 23.5. The Morgan fingerprint density at radius 1 is 1.22 bits per heavy atom. The van der Waals surface area contributed by atoms with Crippen LogP contribution in [-0.2, 0) is 20.6 Å².